The summed E-state index contributed by atoms with van der Waals surface area (Å²) in [5, 5.41) is 10.8. The van der Waals surface area contributed by atoms with Crippen LogP contribution in [0, 0.1) is 10.1 Å². The molecular weight excluding hydrogens is 305 g/mol. The largest absolute Gasteiger partial charge is 0.488 e. The number of hydrogen-bond acceptors (Lipinski definition) is 5. The first-order chi connectivity index (χ1) is 9.52. The van der Waals surface area contributed by atoms with Crippen LogP contribution in [0.15, 0.2) is 24.3 Å². The van der Waals surface area contributed by atoms with E-state index in [0.717, 1.165) is 0 Å². The second-order valence-electron chi connectivity index (χ2n) is 3.69. The molecule has 2 rings (SSSR count). The van der Waals surface area contributed by atoms with Crippen molar-refractivity contribution >= 4 is 28.9 Å². The van der Waals surface area contributed by atoms with Crippen LogP contribution in [-0.2, 0) is 0 Å². The van der Waals surface area contributed by atoms with Gasteiger partial charge in [0.15, 0.2) is 21.9 Å². The standard InChI is InChI=1S/C12H9Cl2N3O3/c1-2-20-9-10(13)15-12(16-11(9)14)7-3-5-8(6-4-7)17(18)19/h3-6H,2H2,1H3. The van der Waals surface area contributed by atoms with E-state index in [0.29, 0.717) is 12.2 Å². The van der Waals surface area contributed by atoms with Gasteiger partial charge in [0.2, 0.25) is 0 Å². The van der Waals surface area contributed by atoms with E-state index in [9.17, 15) is 10.1 Å². The lowest BCUT2D eigenvalue weighted by Gasteiger charge is -2.08. The number of nitrogens with zero attached hydrogens (tertiary/aromatic N) is 3. The number of benzene rings is 1. The minimum absolute atomic E-state index is 0.0168. The van der Waals surface area contributed by atoms with E-state index in [1.54, 1.807) is 6.92 Å². The topological polar surface area (TPSA) is 78.2 Å². The monoisotopic (exact) mass is 313 g/mol. The van der Waals surface area contributed by atoms with Crippen molar-refractivity contribution in [3.8, 4) is 17.1 Å². The maximum Gasteiger partial charge on any atom is 0.269 e. The minimum atomic E-state index is -0.483. The third-order valence-corrected chi connectivity index (χ3v) is 2.92. The van der Waals surface area contributed by atoms with Crippen molar-refractivity contribution in [3.05, 3.63) is 44.7 Å². The molecule has 20 heavy (non-hydrogen) atoms. The number of halogens is 2. The molecule has 1 aromatic heterocycles. The summed E-state index contributed by atoms with van der Waals surface area (Å²) in [6.45, 7) is 2.18. The zero-order chi connectivity index (χ0) is 14.7. The molecule has 1 aromatic carbocycles. The van der Waals surface area contributed by atoms with E-state index in [-0.39, 0.29) is 27.6 Å². The van der Waals surface area contributed by atoms with Gasteiger partial charge in [0.05, 0.1) is 11.5 Å². The Balaban J connectivity index is 2.40. The molecule has 0 spiro atoms. The number of nitro benzene ring substituents is 1. The second kappa shape index (κ2) is 6.02. The highest BCUT2D eigenvalue weighted by atomic mass is 35.5. The van der Waals surface area contributed by atoms with Crippen molar-refractivity contribution in [3.63, 3.8) is 0 Å². The highest BCUT2D eigenvalue weighted by Crippen LogP contribution is 2.32. The summed E-state index contributed by atoms with van der Waals surface area (Å²) in [5.74, 6) is 0.500. The number of rotatable bonds is 4. The summed E-state index contributed by atoms with van der Waals surface area (Å²) in [7, 11) is 0. The molecule has 2 aromatic rings. The molecule has 0 amide bonds. The fourth-order valence-electron chi connectivity index (χ4n) is 1.52. The molecule has 0 aliphatic heterocycles. The maximum absolute atomic E-state index is 10.6. The molecule has 0 N–H and O–H groups in total. The average molecular weight is 314 g/mol. The Hall–Kier alpha value is -1.92. The summed E-state index contributed by atoms with van der Waals surface area (Å²) in [4.78, 5) is 18.3. The van der Waals surface area contributed by atoms with Gasteiger partial charge in [-0.25, -0.2) is 9.97 Å². The van der Waals surface area contributed by atoms with Gasteiger partial charge in [0.25, 0.3) is 5.69 Å². The normalized spacial score (nSPS) is 10.3. The number of nitro groups is 1. The molecule has 0 aliphatic carbocycles. The molecule has 0 saturated carbocycles. The molecule has 0 atom stereocenters. The van der Waals surface area contributed by atoms with Crippen LogP contribution in [-0.4, -0.2) is 21.5 Å². The van der Waals surface area contributed by atoms with Crippen LogP contribution in [0.4, 0.5) is 5.69 Å². The fraction of sp³-hybridized carbons (Fsp3) is 0.167. The molecule has 0 bridgehead atoms. The van der Waals surface area contributed by atoms with Crippen molar-refractivity contribution < 1.29 is 9.66 Å². The van der Waals surface area contributed by atoms with Crippen LogP contribution < -0.4 is 4.74 Å². The van der Waals surface area contributed by atoms with Gasteiger partial charge in [-0.3, -0.25) is 10.1 Å². The lowest BCUT2D eigenvalue weighted by Crippen LogP contribution is -1.99. The molecule has 0 saturated heterocycles. The zero-order valence-electron chi connectivity index (χ0n) is 10.3. The average Bonchev–Trinajstić information content (AvgIpc) is 2.42. The van der Waals surface area contributed by atoms with Crippen molar-refractivity contribution in [2.45, 2.75) is 6.92 Å². The first kappa shape index (κ1) is 14.5. The molecule has 0 radical (unpaired) electrons. The van der Waals surface area contributed by atoms with Crippen molar-refractivity contribution in [2.24, 2.45) is 0 Å². The highest BCUT2D eigenvalue weighted by molar-refractivity contribution is 6.35. The second-order valence-corrected chi connectivity index (χ2v) is 4.41. The minimum Gasteiger partial charge on any atom is -0.488 e. The number of aromatic nitrogens is 2. The molecule has 0 fully saturated rings. The van der Waals surface area contributed by atoms with Gasteiger partial charge in [0, 0.05) is 17.7 Å². The Kier molecular flexibility index (Phi) is 4.36. The molecular formula is C12H9Cl2N3O3. The van der Waals surface area contributed by atoms with E-state index in [4.69, 9.17) is 27.9 Å². The summed E-state index contributed by atoms with van der Waals surface area (Å²) in [6, 6.07) is 5.77. The molecule has 104 valence electrons. The van der Waals surface area contributed by atoms with Crippen LogP contribution in [0.2, 0.25) is 10.3 Å². The van der Waals surface area contributed by atoms with Gasteiger partial charge >= 0.3 is 0 Å². The van der Waals surface area contributed by atoms with Crippen LogP contribution in [0.25, 0.3) is 11.4 Å². The van der Waals surface area contributed by atoms with E-state index >= 15 is 0 Å². The number of hydrogen-bond donors (Lipinski definition) is 0. The fourth-order valence-corrected chi connectivity index (χ4v) is 2.02. The SMILES string of the molecule is CCOc1c(Cl)nc(-c2ccc([N+](=O)[O-])cc2)nc1Cl. The Morgan fingerprint density at radius 1 is 1.20 bits per heavy atom. The van der Waals surface area contributed by atoms with Gasteiger partial charge in [-0.05, 0) is 19.1 Å². The van der Waals surface area contributed by atoms with Gasteiger partial charge in [-0.1, -0.05) is 23.2 Å². The highest BCUT2D eigenvalue weighted by Gasteiger charge is 2.14. The lowest BCUT2D eigenvalue weighted by molar-refractivity contribution is -0.384. The van der Waals surface area contributed by atoms with Crippen molar-refractivity contribution in [1.82, 2.24) is 9.97 Å². The Morgan fingerprint density at radius 3 is 2.20 bits per heavy atom. The third kappa shape index (κ3) is 2.97. The maximum atomic E-state index is 10.6. The van der Waals surface area contributed by atoms with Gasteiger partial charge < -0.3 is 4.74 Å². The quantitative estimate of drug-likeness (QED) is 0.488. The Labute approximate surface area is 124 Å². The van der Waals surface area contributed by atoms with E-state index < -0.39 is 4.92 Å². The van der Waals surface area contributed by atoms with Crippen LogP contribution in [0.1, 0.15) is 6.92 Å². The van der Waals surface area contributed by atoms with Crippen LogP contribution in [0.3, 0.4) is 0 Å². The van der Waals surface area contributed by atoms with E-state index in [2.05, 4.69) is 9.97 Å². The van der Waals surface area contributed by atoms with Crippen molar-refractivity contribution in [1.29, 1.82) is 0 Å². The Morgan fingerprint density at radius 2 is 1.75 bits per heavy atom. The van der Waals surface area contributed by atoms with E-state index in [1.165, 1.54) is 24.3 Å². The predicted molar refractivity (Wildman–Crippen MR) is 75.3 cm³/mol. The lowest BCUT2D eigenvalue weighted by atomic mass is 10.2. The van der Waals surface area contributed by atoms with E-state index in [1.807, 2.05) is 0 Å². The number of non-ortho nitro benzene ring substituents is 1. The molecule has 0 unspecified atom stereocenters. The first-order valence-electron chi connectivity index (χ1n) is 5.63. The zero-order valence-corrected chi connectivity index (χ0v) is 11.9. The Bertz CT molecular complexity index is 624. The van der Waals surface area contributed by atoms with Gasteiger partial charge in [0.1, 0.15) is 0 Å². The smallest absolute Gasteiger partial charge is 0.269 e. The molecule has 6 nitrogen and oxygen atoms in total. The summed E-state index contributed by atoms with van der Waals surface area (Å²) in [6.07, 6.45) is 0. The molecule has 1 heterocycles. The third-order valence-electron chi connectivity index (χ3n) is 2.41. The van der Waals surface area contributed by atoms with Crippen LogP contribution >= 0.6 is 23.2 Å². The van der Waals surface area contributed by atoms with Gasteiger partial charge in [-0.2, -0.15) is 0 Å². The molecule has 8 heteroatoms. The molecule has 0 aliphatic rings. The predicted octanol–water partition coefficient (Wildman–Crippen LogP) is 3.76. The number of ether oxygens (including phenoxy) is 1. The first-order valence-corrected chi connectivity index (χ1v) is 6.39. The summed E-state index contributed by atoms with van der Waals surface area (Å²) in [5.41, 5.74) is 0.555. The van der Waals surface area contributed by atoms with Crippen molar-refractivity contribution in [2.75, 3.05) is 6.61 Å². The van der Waals surface area contributed by atoms with Gasteiger partial charge in [-0.15, -0.1) is 0 Å². The summed E-state index contributed by atoms with van der Waals surface area (Å²) < 4.78 is 5.23. The summed E-state index contributed by atoms with van der Waals surface area (Å²) >= 11 is 12.0. The van der Waals surface area contributed by atoms with Crippen LogP contribution in [0.5, 0.6) is 5.75 Å².